The maximum Gasteiger partial charge on any atom is 0.471 e. The van der Waals surface area contributed by atoms with E-state index in [0.717, 1.165) is 37.4 Å². The highest BCUT2D eigenvalue weighted by atomic mass is 31.2. The number of nitrogens with one attached hydrogen (secondary N) is 5. The number of unbranched alkanes of at least 4 members (excludes halogenated alkanes) is 3. The first-order valence-corrected chi connectivity index (χ1v) is 22.3. The quantitative estimate of drug-likeness (QED) is 0.0389. The number of anilines is 1. The van der Waals surface area contributed by atoms with Crippen LogP contribution < -0.4 is 21.3 Å². The predicted octanol–water partition coefficient (Wildman–Crippen LogP) is 2.31. The third-order valence-corrected chi connectivity index (χ3v) is 10.8. The van der Waals surface area contributed by atoms with Crippen molar-refractivity contribution in [1.29, 1.82) is 0 Å². The highest BCUT2D eigenvalue weighted by Gasteiger charge is 2.31. The number of fused-ring (bicyclic) bond motifs is 2. The smallest absolute Gasteiger partial charge is 0.471 e. The Kier molecular flexibility index (Phi) is 20.9. The summed E-state index contributed by atoms with van der Waals surface area (Å²) in [5.74, 6) is -1.89. The summed E-state index contributed by atoms with van der Waals surface area (Å²) in [7, 11) is -1.38. The number of carbonyl (C=O) groups is 6. The predicted molar refractivity (Wildman–Crippen MR) is 229 cm³/mol. The zero-order valence-electron chi connectivity index (χ0n) is 35.7. The first-order valence-electron chi connectivity index (χ1n) is 20.8. The van der Waals surface area contributed by atoms with Crippen LogP contribution in [-0.4, -0.2) is 145 Å². The highest BCUT2D eigenvalue weighted by molar-refractivity contribution is 7.47. The number of phosphoric ester groups is 1. The first kappa shape index (κ1) is 50.2. The summed E-state index contributed by atoms with van der Waals surface area (Å²) in [4.78, 5) is 94.7. The molecule has 0 saturated carbocycles. The van der Waals surface area contributed by atoms with E-state index in [1.54, 1.807) is 35.0 Å². The molecule has 63 heavy (non-hydrogen) atoms. The largest absolute Gasteiger partial charge is 0.481 e. The Morgan fingerprint density at radius 1 is 0.873 bits per heavy atom. The van der Waals surface area contributed by atoms with Gasteiger partial charge in [-0.05, 0) is 48.7 Å². The fourth-order valence-corrected chi connectivity index (χ4v) is 6.93. The number of aromatic amines is 1. The van der Waals surface area contributed by atoms with Gasteiger partial charge in [0.15, 0.2) is 0 Å². The molecule has 1 aliphatic rings. The molecule has 1 unspecified atom stereocenters. The second kappa shape index (κ2) is 26.2. The minimum Gasteiger partial charge on any atom is -0.481 e. The Labute approximate surface area is 365 Å². The first-order chi connectivity index (χ1) is 30.2. The summed E-state index contributed by atoms with van der Waals surface area (Å²) in [6.45, 7) is 2.35. The van der Waals surface area contributed by atoms with Crippen molar-refractivity contribution >= 4 is 60.0 Å². The number of nitrogens with zero attached hydrogens (tertiary/aromatic N) is 3. The van der Waals surface area contributed by atoms with Crippen LogP contribution in [0.15, 0.2) is 42.5 Å². The summed E-state index contributed by atoms with van der Waals surface area (Å²) in [5, 5.41) is 20.6. The molecule has 346 valence electrons. The maximum absolute atomic E-state index is 13.5. The number of para-hydroxylation sites is 2. The molecule has 1 aromatic heterocycles. The molecule has 4 rings (SSSR count). The fraction of sp³-hybridized carbons (Fsp3) is 0.537. The normalized spacial score (nSPS) is 14.6. The second-order valence-corrected chi connectivity index (χ2v) is 16.3. The Balaban J connectivity index is 1.05. The van der Waals surface area contributed by atoms with Gasteiger partial charge in [-0.25, -0.2) is 9.55 Å². The van der Waals surface area contributed by atoms with E-state index in [1.807, 2.05) is 24.3 Å². The molecule has 0 fully saturated rings. The number of carboxylic acid groups (broad SMARTS) is 1. The molecule has 7 N–H and O–H groups in total. The van der Waals surface area contributed by atoms with Crippen LogP contribution in [-0.2, 0) is 60.1 Å². The number of carbonyl (C=O) groups excluding carboxylic acids is 5. The molecule has 0 saturated heterocycles. The number of rotatable bonds is 29. The van der Waals surface area contributed by atoms with Crippen molar-refractivity contribution in [3.05, 3.63) is 59.4 Å². The number of carboxylic acids is 1. The van der Waals surface area contributed by atoms with Gasteiger partial charge >= 0.3 is 13.8 Å². The van der Waals surface area contributed by atoms with Crippen LogP contribution in [0.5, 0.6) is 0 Å². The van der Waals surface area contributed by atoms with Gasteiger partial charge in [0.25, 0.3) is 5.91 Å². The van der Waals surface area contributed by atoms with E-state index < -0.39 is 32.2 Å². The number of amides is 5. The Hall–Kier alpha value is -5.44. The van der Waals surface area contributed by atoms with Gasteiger partial charge in [0.05, 0.1) is 57.0 Å². The van der Waals surface area contributed by atoms with Gasteiger partial charge in [-0.2, -0.15) is 0 Å². The van der Waals surface area contributed by atoms with Crippen LogP contribution >= 0.6 is 7.82 Å². The van der Waals surface area contributed by atoms with Crippen LogP contribution in [0.4, 0.5) is 5.69 Å². The van der Waals surface area contributed by atoms with E-state index in [2.05, 4.69) is 40.3 Å². The molecular weight excluding hydrogens is 843 g/mol. The summed E-state index contributed by atoms with van der Waals surface area (Å²) in [6.07, 6.45) is 2.67. The number of H-pyrrole nitrogens is 1. The third kappa shape index (κ3) is 18.1. The average Bonchev–Trinajstić information content (AvgIpc) is 3.62. The van der Waals surface area contributed by atoms with Crippen LogP contribution in [0.2, 0.25) is 0 Å². The fourth-order valence-electron chi connectivity index (χ4n) is 6.51. The summed E-state index contributed by atoms with van der Waals surface area (Å²) >= 11 is 0. The lowest BCUT2D eigenvalue weighted by molar-refractivity contribution is -0.141. The van der Waals surface area contributed by atoms with Gasteiger partial charge in [-0.1, -0.05) is 25.0 Å². The van der Waals surface area contributed by atoms with Gasteiger partial charge in [0, 0.05) is 77.4 Å². The molecule has 0 radical (unpaired) electrons. The van der Waals surface area contributed by atoms with E-state index >= 15 is 0 Å². The standard InChI is InChI=1S/C41H59N8O13P/c1-48(28-35-46-32-9-5-6-10-33(32)47-35)40(55)29-11-12-31-30(25-29)27-49(41(56)34(45-31)26-39(53)54)19-8-4-3-7-16-42-38(52)15-20-60-23-24-61-21-17-43-36(50)13-14-37(51)44-18-22-62-63(57,58)59-2/h5-6,9-12,25,34,45H,3-4,7-8,13-24,26-28H2,1-2H3,(H,42,52)(H,43,50)(H,44,51)(H,46,47)(H,53,54)(H,57,58)/t34-/m0/s1. The van der Waals surface area contributed by atoms with Crippen LogP contribution in [0.25, 0.3) is 11.0 Å². The van der Waals surface area contributed by atoms with E-state index in [0.29, 0.717) is 42.1 Å². The topological polar surface area (TPSA) is 280 Å². The molecule has 2 atom stereocenters. The summed E-state index contributed by atoms with van der Waals surface area (Å²) in [5.41, 5.74) is 3.45. The van der Waals surface area contributed by atoms with Crippen LogP contribution in [0.3, 0.4) is 0 Å². The molecule has 0 aliphatic carbocycles. The van der Waals surface area contributed by atoms with Crippen molar-refractivity contribution in [2.75, 3.05) is 78.7 Å². The number of phosphoric acid groups is 1. The van der Waals surface area contributed by atoms with Gasteiger partial charge in [0.2, 0.25) is 23.6 Å². The zero-order chi connectivity index (χ0) is 45.6. The average molecular weight is 903 g/mol. The Morgan fingerprint density at radius 2 is 1.54 bits per heavy atom. The van der Waals surface area contributed by atoms with Gasteiger partial charge in [0.1, 0.15) is 11.9 Å². The SMILES string of the molecule is COP(=O)(O)OCCNC(=O)CCC(=O)NCCOCCOCCC(=O)NCCCCCCN1Cc2cc(C(=O)N(C)Cc3nc4ccccc4[nH]3)ccc2N[C@@H](CC(=O)O)C1=O. The lowest BCUT2D eigenvalue weighted by Gasteiger charge is -2.24. The molecule has 5 amide bonds. The van der Waals surface area contributed by atoms with Crippen LogP contribution in [0.1, 0.15) is 73.1 Å². The highest BCUT2D eigenvalue weighted by Crippen LogP contribution is 2.41. The maximum atomic E-state index is 13.5. The number of hydrogen-bond donors (Lipinski definition) is 7. The minimum atomic E-state index is -4.10. The zero-order valence-corrected chi connectivity index (χ0v) is 36.6. The van der Waals surface area contributed by atoms with E-state index in [-0.39, 0.29) is 102 Å². The lowest BCUT2D eigenvalue weighted by Crippen LogP contribution is -2.42. The van der Waals surface area contributed by atoms with E-state index in [9.17, 15) is 38.4 Å². The Bertz CT molecular complexity index is 2020. The number of imidazole rings is 1. The van der Waals surface area contributed by atoms with Crippen molar-refractivity contribution < 1.29 is 61.9 Å². The van der Waals surface area contributed by atoms with E-state index in [4.69, 9.17) is 14.4 Å². The second-order valence-electron chi connectivity index (χ2n) is 14.7. The molecular formula is C41H59N8O13P. The molecule has 0 bridgehead atoms. The summed E-state index contributed by atoms with van der Waals surface area (Å²) in [6, 6.07) is 11.8. The number of aliphatic carboxylic acids is 1. The molecule has 0 spiro atoms. The summed E-state index contributed by atoms with van der Waals surface area (Å²) < 4.78 is 30.9. The van der Waals surface area contributed by atoms with Gasteiger partial charge in [-0.3, -0.25) is 37.8 Å². The number of ether oxygens (including phenoxy) is 2. The van der Waals surface area contributed by atoms with Crippen molar-refractivity contribution in [3.63, 3.8) is 0 Å². The monoisotopic (exact) mass is 902 g/mol. The molecule has 2 heterocycles. The number of aromatic nitrogens is 2. The molecule has 3 aromatic rings. The van der Waals surface area contributed by atoms with Crippen molar-refractivity contribution in [3.8, 4) is 0 Å². The lowest BCUT2D eigenvalue weighted by atomic mass is 10.1. The van der Waals surface area contributed by atoms with Gasteiger partial charge < -0.3 is 55.5 Å². The number of benzene rings is 2. The number of hydrogen-bond acceptors (Lipinski definition) is 13. The van der Waals surface area contributed by atoms with Gasteiger partial charge in [-0.15, -0.1) is 0 Å². The van der Waals surface area contributed by atoms with Crippen molar-refractivity contribution in [1.82, 2.24) is 35.7 Å². The molecule has 2 aromatic carbocycles. The molecule has 22 heteroatoms. The van der Waals surface area contributed by atoms with Crippen molar-refractivity contribution in [2.45, 2.75) is 70.5 Å². The molecule has 1 aliphatic heterocycles. The van der Waals surface area contributed by atoms with Crippen LogP contribution in [0, 0.1) is 0 Å². The third-order valence-electron chi connectivity index (χ3n) is 9.78. The van der Waals surface area contributed by atoms with Crippen molar-refractivity contribution in [2.24, 2.45) is 0 Å². The van der Waals surface area contributed by atoms with E-state index in [1.165, 1.54) is 0 Å². The minimum absolute atomic E-state index is 0.0141. The Morgan fingerprint density at radius 3 is 2.25 bits per heavy atom. The molecule has 21 nitrogen and oxygen atoms in total.